The van der Waals surface area contributed by atoms with Crippen molar-refractivity contribution in [1.29, 1.82) is 0 Å². The molecule has 0 heterocycles. The third-order valence-corrected chi connectivity index (χ3v) is 4.95. The van der Waals surface area contributed by atoms with Gasteiger partial charge in [-0.25, -0.2) is 4.39 Å². The normalized spacial score (nSPS) is 21.8. The molecule has 0 fully saturated rings. The van der Waals surface area contributed by atoms with Crippen LogP contribution in [0.15, 0.2) is 18.2 Å². The Morgan fingerprint density at radius 2 is 2.13 bits per heavy atom. The number of hydrogen-bond acceptors (Lipinski definition) is 0. The maximum absolute atomic E-state index is 13.0. The number of benzene rings is 1. The number of alkyl halides is 1. The van der Waals surface area contributed by atoms with Gasteiger partial charge < -0.3 is 0 Å². The van der Waals surface area contributed by atoms with Gasteiger partial charge in [0.2, 0.25) is 0 Å². The molecule has 0 saturated heterocycles. The van der Waals surface area contributed by atoms with E-state index in [9.17, 15) is 4.39 Å². The molecular formula is C13H16BrF. The first kappa shape index (κ1) is 11.1. The molecule has 15 heavy (non-hydrogen) atoms. The van der Waals surface area contributed by atoms with Gasteiger partial charge in [0.25, 0.3) is 0 Å². The van der Waals surface area contributed by atoms with Crippen LogP contribution in [0.5, 0.6) is 0 Å². The van der Waals surface area contributed by atoms with Gasteiger partial charge in [0, 0.05) is 4.83 Å². The van der Waals surface area contributed by atoms with Gasteiger partial charge >= 0.3 is 0 Å². The molecule has 1 aromatic rings. The first-order valence-electron chi connectivity index (χ1n) is 5.52. The lowest BCUT2D eigenvalue weighted by Crippen LogP contribution is -2.16. The van der Waals surface area contributed by atoms with Crippen molar-refractivity contribution in [3.05, 3.63) is 35.1 Å². The lowest BCUT2D eigenvalue weighted by molar-refractivity contribution is 0.522. The van der Waals surface area contributed by atoms with Crippen LogP contribution in [0.3, 0.4) is 0 Å². The summed E-state index contributed by atoms with van der Waals surface area (Å²) in [7, 11) is 0. The Morgan fingerprint density at radius 1 is 1.40 bits per heavy atom. The summed E-state index contributed by atoms with van der Waals surface area (Å²) in [5.41, 5.74) is 2.54. The topological polar surface area (TPSA) is 0 Å². The van der Waals surface area contributed by atoms with Gasteiger partial charge in [0.1, 0.15) is 5.82 Å². The minimum Gasteiger partial charge on any atom is -0.207 e. The average molecular weight is 271 g/mol. The summed E-state index contributed by atoms with van der Waals surface area (Å²) in [6.07, 6.45) is 2.17. The van der Waals surface area contributed by atoms with Gasteiger partial charge in [0.05, 0.1) is 0 Å². The van der Waals surface area contributed by atoms with Crippen molar-refractivity contribution >= 4 is 15.9 Å². The van der Waals surface area contributed by atoms with Crippen molar-refractivity contribution in [2.45, 2.75) is 37.4 Å². The zero-order chi connectivity index (χ0) is 11.0. The third kappa shape index (κ3) is 2.10. The molecule has 0 amide bonds. The van der Waals surface area contributed by atoms with E-state index in [0.29, 0.717) is 16.7 Å². The summed E-state index contributed by atoms with van der Waals surface area (Å²) in [6, 6.07) is 5.23. The Kier molecular flexibility index (Phi) is 3.15. The number of hydrogen-bond donors (Lipinski definition) is 0. The fraction of sp³-hybridized carbons (Fsp3) is 0.538. The molecule has 0 spiro atoms. The van der Waals surface area contributed by atoms with Crippen LogP contribution in [0.1, 0.15) is 37.3 Å². The van der Waals surface area contributed by atoms with Gasteiger partial charge in [-0.15, -0.1) is 0 Å². The van der Waals surface area contributed by atoms with E-state index in [1.165, 1.54) is 11.1 Å². The van der Waals surface area contributed by atoms with Gasteiger partial charge in [-0.1, -0.05) is 35.8 Å². The van der Waals surface area contributed by atoms with E-state index in [-0.39, 0.29) is 5.82 Å². The number of halogens is 2. The minimum atomic E-state index is -0.106. The summed E-state index contributed by atoms with van der Waals surface area (Å²) in [6.45, 7) is 4.45. The molecule has 2 rings (SSSR count). The molecule has 2 heteroatoms. The quantitative estimate of drug-likeness (QED) is 0.704. The van der Waals surface area contributed by atoms with E-state index < -0.39 is 0 Å². The van der Waals surface area contributed by atoms with Gasteiger partial charge in [-0.3, -0.25) is 0 Å². The largest absolute Gasteiger partial charge is 0.207 e. The number of fused-ring (bicyclic) bond motifs is 1. The zero-order valence-electron chi connectivity index (χ0n) is 9.13. The second-order valence-corrected chi connectivity index (χ2v) is 5.73. The maximum atomic E-state index is 13.0. The van der Waals surface area contributed by atoms with Crippen molar-refractivity contribution in [1.82, 2.24) is 0 Å². The average Bonchev–Trinajstić information content (AvgIpc) is 2.59. The molecule has 0 nitrogen and oxygen atoms in total. The van der Waals surface area contributed by atoms with Crippen molar-refractivity contribution in [2.75, 3.05) is 0 Å². The Bertz CT molecular complexity index is 360. The van der Waals surface area contributed by atoms with Gasteiger partial charge in [-0.05, 0) is 47.9 Å². The highest BCUT2D eigenvalue weighted by Crippen LogP contribution is 2.40. The second kappa shape index (κ2) is 4.25. The highest BCUT2D eigenvalue weighted by atomic mass is 79.9. The van der Waals surface area contributed by atoms with E-state index in [1.807, 2.05) is 6.07 Å². The lowest BCUT2D eigenvalue weighted by atomic mass is 9.92. The predicted octanol–water partition coefficient (Wildman–Crippen LogP) is 4.28. The molecule has 2 unspecified atom stereocenters. The first-order chi connectivity index (χ1) is 7.09. The van der Waals surface area contributed by atoms with Crippen LogP contribution in [0, 0.1) is 11.7 Å². The van der Waals surface area contributed by atoms with Crippen LogP contribution >= 0.6 is 15.9 Å². The molecule has 1 aliphatic carbocycles. The summed E-state index contributed by atoms with van der Waals surface area (Å²) in [5, 5.41) is 0. The number of aryl methyl sites for hydroxylation is 1. The molecule has 0 N–H and O–H groups in total. The Balaban J connectivity index is 2.29. The van der Waals surface area contributed by atoms with Crippen LogP contribution in [0.4, 0.5) is 4.39 Å². The first-order valence-corrected chi connectivity index (χ1v) is 6.43. The molecule has 0 radical (unpaired) electrons. The zero-order valence-corrected chi connectivity index (χ0v) is 10.7. The molecule has 1 aliphatic rings. The second-order valence-electron chi connectivity index (χ2n) is 4.68. The van der Waals surface area contributed by atoms with E-state index >= 15 is 0 Å². The Hall–Kier alpha value is -0.370. The smallest absolute Gasteiger partial charge is 0.123 e. The van der Waals surface area contributed by atoms with Crippen molar-refractivity contribution in [3.8, 4) is 0 Å². The highest BCUT2D eigenvalue weighted by Gasteiger charge is 2.29. The van der Waals surface area contributed by atoms with Crippen LogP contribution in [-0.2, 0) is 6.42 Å². The van der Waals surface area contributed by atoms with Crippen LogP contribution in [-0.4, -0.2) is 4.83 Å². The summed E-state index contributed by atoms with van der Waals surface area (Å²) in [5.74, 6) is 1.07. The molecule has 82 valence electrons. The summed E-state index contributed by atoms with van der Waals surface area (Å²) < 4.78 is 13.0. The van der Waals surface area contributed by atoms with E-state index in [1.54, 1.807) is 12.1 Å². The molecule has 1 aromatic carbocycles. The fourth-order valence-corrected chi connectivity index (χ4v) is 2.96. The molecule has 0 bridgehead atoms. The SMILES string of the molecule is CC(C)C(Br)C1CCc2cc(F)ccc21. The fourth-order valence-electron chi connectivity index (χ4n) is 2.41. The standard InChI is InChI=1S/C13H16BrF/c1-8(2)13(14)12-5-3-9-7-10(15)4-6-11(9)12/h4,6-8,12-13H,3,5H2,1-2H3. The predicted molar refractivity (Wildman–Crippen MR) is 65.0 cm³/mol. The van der Waals surface area contributed by atoms with Crippen LogP contribution < -0.4 is 0 Å². The van der Waals surface area contributed by atoms with Crippen LogP contribution in [0.25, 0.3) is 0 Å². The number of rotatable bonds is 2. The molecular weight excluding hydrogens is 255 g/mol. The Morgan fingerprint density at radius 3 is 2.80 bits per heavy atom. The van der Waals surface area contributed by atoms with E-state index in [4.69, 9.17) is 0 Å². The van der Waals surface area contributed by atoms with Crippen molar-refractivity contribution in [3.63, 3.8) is 0 Å². The minimum absolute atomic E-state index is 0.106. The van der Waals surface area contributed by atoms with Gasteiger partial charge in [0.15, 0.2) is 0 Å². The third-order valence-electron chi connectivity index (χ3n) is 3.25. The maximum Gasteiger partial charge on any atom is 0.123 e. The summed E-state index contributed by atoms with van der Waals surface area (Å²) in [4.78, 5) is 0.504. The van der Waals surface area contributed by atoms with Crippen molar-refractivity contribution < 1.29 is 4.39 Å². The van der Waals surface area contributed by atoms with Gasteiger partial charge in [-0.2, -0.15) is 0 Å². The monoisotopic (exact) mass is 270 g/mol. The molecule has 0 saturated carbocycles. The molecule has 2 atom stereocenters. The van der Waals surface area contributed by atoms with Crippen LogP contribution in [0.2, 0.25) is 0 Å². The lowest BCUT2D eigenvalue weighted by Gasteiger charge is -2.22. The molecule has 0 aliphatic heterocycles. The highest BCUT2D eigenvalue weighted by molar-refractivity contribution is 9.09. The molecule has 0 aromatic heterocycles. The van der Waals surface area contributed by atoms with E-state index in [0.717, 1.165) is 12.8 Å². The summed E-state index contributed by atoms with van der Waals surface area (Å²) >= 11 is 3.76. The van der Waals surface area contributed by atoms with Crippen molar-refractivity contribution in [2.24, 2.45) is 5.92 Å². The van der Waals surface area contributed by atoms with E-state index in [2.05, 4.69) is 29.8 Å². The Labute approximate surface area is 99.0 Å².